The Labute approximate surface area is 252 Å². The number of ether oxygens (including phenoxy) is 3. The molecule has 0 radical (unpaired) electrons. The van der Waals surface area contributed by atoms with Crippen LogP contribution in [0.5, 0.6) is 11.6 Å². The van der Waals surface area contributed by atoms with Crippen LogP contribution >= 0.6 is 0 Å². The summed E-state index contributed by atoms with van der Waals surface area (Å²) in [7, 11) is -3.06. The Morgan fingerprint density at radius 3 is 2.61 bits per heavy atom. The highest BCUT2D eigenvalue weighted by atomic mass is 32.2. The molecule has 0 amide bonds. The molecule has 2 aliphatic rings. The second kappa shape index (κ2) is 12.9. The maximum atomic E-state index is 14.4. The van der Waals surface area contributed by atoms with Crippen LogP contribution in [0.4, 0.5) is 24.5 Å². The summed E-state index contributed by atoms with van der Waals surface area (Å²) in [5.74, 6) is -1.78. The minimum atomic E-state index is -4.36. The number of alkyl halides is 2. The first-order valence-electron chi connectivity index (χ1n) is 13.7. The maximum Gasteiger partial charge on any atom is 0.387 e. The Bertz CT molecular complexity index is 1640. The number of aromatic nitrogens is 1. The van der Waals surface area contributed by atoms with Gasteiger partial charge in [0.15, 0.2) is 0 Å². The molecule has 0 aliphatic carbocycles. The molecular formula is C29H31F3N4O7S. The summed E-state index contributed by atoms with van der Waals surface area (Å²) in [4.78, 5) is 19.9. The molecule has 2 aromatic carbocycles. The van der Waals surface area contributed by atoms with Gasteiger partial charge in [-0.2, -0.15) is 8.78 Å². The lowest BCUT2D eigenvalue weighted by Crippen LogP contribution is -2.61. The van der Waals surface area contributed by atoms with Crippen molar-refractivity contribution < 1.29 is 45.7 Å². The van der Waals surface area contributed by atoms with E-state index in [0.717, 1.165) is 12.1 Å². The van der Waals surface area contributed by atoms with Gasteiger partial charge in [-0.15, -0.1) is 0 Å². The molecule has 44 heavy (non-hydrogen) atoms. The second-order valence-electron chi connectivity index (χ2n) is 10.3. The smallest absolute Gasteiger partial charge is 0.387 e. The number of hydrogen-bond acceptors (Lipinski definition) is 10. The van der Waals surface area contributed by atoms with Crippen molar-refractivity contribution in [2.45, 2.75) is 24.5 Å². The van der Waals surface area contributed by atoms with E-state index in [4.69, 9.17) is 9.47 Å². The number of anilines is 2. The number of carbonyl (C=O) groups is 1. The number of carbonyl (C=O) groups excluding carboxylic acids is 1. The molecule has 1 aromatic heterocycles. The number of esters is 1. The van der Waals surface area contributed by atoms with Crippen molar-refractivity contribution in [2.75, 3.05) is 62.3 Å². The summed E-state index contributed by atoms with van der Waals surface area (Å²) in [6, 6.07) is 9.20. The molecule has 0 spiro atoms. The predicted molar refractivity (Wildman–Crippen MR) is 154 cm³/mol. The van der Waals surface area contributed by atoms with Crippen LogP contribution in [-0.2, 0) is 19.6 Å². The van der Waals surface area contributed by atoms with Crippen LogP contribution in [0.1, 0.15) is 5.56 Å². The fourth-order valence-electron chi connectivity index (χ4n) is 5.43. The van der Waals surface area contributed by atoms with Crippen molar-refractivity contribution in [1.29, 1.82) is 0 Å². The Morgan fingerprint density at radius 1 is 1.09 bits per heavy atom. The van der Waals surface area contributed by atoms with Crippen LogP contribution in [0, 0.1) is 12.7 Å². The van der Waals surface area contributed by atoms with Crippen molar-refractivity contribution in [3.8, 4) is 22.8 Å². The lowest BCUT2D eigenvalue weighted by atomic mass is 10.00. The van der Waals surface area contributed by atoms with Gasteiger partial charge in [0.25, 0.3) is 10.0 Å². The molecule has 1 atom stereocenters. The molecule has 0 bridgehead atoms. The second-order valence-corrected chi connectivity index (χ2v) is 12.2. The van der Waals surface area contributed by atoms with E-state index in [1.807, 2.05) is 9.80 Å². The molecule has 3 heterocycles. The number of aliphatic hydroxyl groups is 1. The number of rotatable bonds is 10. The molecule has 3 aromatic rings. The van der Waals surface area contributed by atoms with E-state index in [1.54, 1.807) is 25.1 Å². The number of sulfonamides is 1. The van der Waals surface area contributed by atoms with Crippen molar-refractivity contribution in [3.05, 3.63) is 60.0 Å². The van der Waals surface area contributed by atoms with Crippen molar-refractivity contribution in [3.63, 3.8) is 0 Å². The number of halogens is 3. The van der Waals surface area contributed by atoms with E-state index in [9.17, 15) is 31.5 Å². The molecule has 11 nitrogen and oxygen atoms in total. The largest absolute Gasteiger partial charge is 0.474 e. The molecular weight excluding hydrogens is 605 g/mol. The predicted octanol–water partition coefficient (Wildman–Crippen LogP) is 3.04. The van der Waals surface area contributed by atoms with Crippen LogP contribution < -0.4 is 18.7 Å². The zero-order valence-electron chi connectivity index (χ0n) is 24.0. The maximum absolute atomic E-state index is 14.4. The van der Waals surface area contributed by atoms with Gasteiger partial charge in [0, 0.05) is 31.9 Å². The SMILES string of the molecule is COC(=O)CN1CCN2c3ccc(-c4cc(F)cc(OC(F)F)c4)cc3N(S(=O)(=O)c3cc(C)cnc3OCCO)C[C@@H]2C1. The lowest BCUT2D eigenvalue weighted by molar-refractivity contribution is -0.142. The molecule has 1 N–H and O–H groups in total. The first-order chi connectivity index (χ1) is 21.0. The number of hydrogen-bond donors (Lipinski definition) is 1. The Morgan fingerprint density at radius 2 is 1.89 bits per heavy atom. The van der Waals surface area contributed by atoms with Crippen LogP contribution in [0.3, 0.4) is 0 Å². The van der Waals surface area contributed by atoms with Crippen molar-refractivity contribution >= 4 is 27.4 Å². The number of methoxy groups -OCH3 is 1. The topological polar surface area (TPSA) is 122 Å². The number of benzene rings is 2. The Balaban J connectivity index is 1.62. The van der Waals surface area contributed by atoms with E-state index in [-0.39, 0.29) is 60.1 Å². The fourth-order valence-corrected chi connectivity index (χ4v) is 7.11. The van der Waals surface area contributed by atoms with Crippen molar-refractivity contribution in [1.82, 2.24) is 9.88 Å². The van der Waals surface area contributed by atoms with Gasteiger partial charge < -0.3 is 24.2 Å². The lowest BCUT2D eigenvalue weighted by Gasteiger charge is -2.49. The molecule has 0 unspecified atom stereocenters. The fraction of sp³-hybridized carbons (Fsp3) is 0.379. The minimum Gasteiger partial charge on any atom is -0.474 e. The normalized spacial score (nSPS) is 16.8. The van der Waals surface area contributed by atoms with Crippen LogP contribution in [-0.4, -0.2) is 95.1 Å². The van der Waals surface area contributed by atoms with Crippen molar-refractivity contribution in [2.24, 2.45) is 0 Å². The zero-order chi connectivity index (χ0) is 31.6. The van der Waals surface area contributed by atoms with Crippen LogP contribution in [0.25, 0.3) is 11.1 Å². The van der Waals surface area contributed by atoms with E-state index in [2.05, 4.69) is 9.72 Å². The van der Waals surface area contributed by atoms with E-state index >= 15 is 0 Å². The summed E-state index contributed by atoms with van der Waals surface area (Å²) in [6.45, 7) is -0.640. The average Bonchev–Trinajstić information content (AvgIpc) is 2.98. The number of piperazine rings is 1. The Hall–Kier alpha value is -4.08. The van der Waals surface area contributed by atoms with Gasteiger partial charge in [0.1, 0.15) is 23.1 Å². The van der Waals surface area contributed by atoms with Gasteiger partial charge >= 0.3 is 12.6 Å². The molecule has 5 rings (SSSR count). The third-order valence-electron chi connectivity index (χ3n) is 7.36. The standard InChI is InChI=1S/C29H31F3N4O7S/c1-18-9-26(28(33-14-18)42-8-7-37)44(39,40)36-16-22-15-34(17-27(38)41-2)5-6-35(22)24-4-3-19(12-25(24)36)20-10-21(30)13-23(11-20)43-29(31)32/h3-4,9-14,22,29,37H,5-8,15-17H2,1-2H3/t22-/m0/s1. The number of aryl methyl sites for hydroxylation is 1. The summed E-state index contributed by atoms with van der Waals surface area (Å²) >= 11 is 0. The number of nitrogens with zero attached hydrogens (tertiary/aromatic N) is 4. The first kappa shape index (κ1) is 31.3. The molecule has 1 fully saturated rings. The highest BCUT2D eigenvalue weighted by Crippen LogP contribution is 2.43. The molecule has 2 aliphatic heterocycles. The van der Waals surface area contributed by atoms with Gasteiger partial charge in [-0.3, -0.25) is 14.0 Å². The third kappa shape index (κ3) is 6.54. The molecule has 236 valence electrons. The van der Waals surface area contributed by atoms with Gasteiger partial charge in [-0.05, 0) is 53.9 Å². The monoisotopic (exact) mass is 636 g/mol. The molecule has 1 saturated heterocycles. The average molecular weight is 637 g/mol. The highest BCUT2D eigenvalue weighted by Gasteiger charge is 2.41. The number of fused-ring (bicyclic) bond motifs is 3. The molecule has 0 saturated carbocycles. The van der Waals surface area contributed by atoms with Gasteiger partial charge in [-0.1, -0.05) is 6.07 Å². The quantitative estimate of drug-likeness (QED) is 0.333. The third-order valence-corrected chi connectivity index (χ3v) is 9.13. The number of pyridine rings is 1. The van der Waals surface area contributed by atoms with E-state index in [1.165, 1.54) is 29.7 Å². The van der Waals surface area contributed by atoms with E-state index < -0.39 is 28.4 Å². The van der Waals surface area contributed by atoms with E-state index in [0.29, 0.717) is 36.4 Å². The van der Waals surface area contributed by atoms with Gasteiger partial charge in [0.05, 0.1) is 44.2 Å². The summed E-state index contributed by atoms with van der Waals surface area (Å²) in [5, 5.41) is 9.28. The summed E-state index contributed by atoms with van der Waals surface area (Å²) in [5.41, 5.74) is 1.97. The van der Waals surface area contributed by atoms with Crippen LogP contribution in [0.15, 0.2) is 53.6 Å². The highest BCUT2D eigenvalue weighted by molar-refractivity contribution is 7.93. The van der Waals surface area contributed by atoms with Gasteiger partial charge in [-0.25, -0.2) is 17.8 Å². The zero-order valence-corrected chi connectivity index (χ0v) is 24.8. The summed E-state index contributed by atoms with van der Waals surface area (Å²) in [6.07, 6.45) is 1.45. The molecule has 15 heteroatoms. The summed E-state index contributed by atoms with van der Waals surface area (Å²) < 4.78 is 85.0. The Kier molecular flexibility index (Phi) is 9.18. The number of aliphatic hydroxyl groups excluding tert-OH is 1. The van der Waals surface area contributed by atoms with Gasteiger partial charge in [0.2, 0.25) is 5.88 Å². The first-order valence-corrected chi connectivity index (χ1v) is 15.1. The van der Waals surface area contributed by atoms with Crippen LogP contribution in [0.2, 0.25) is 0 Å². The minimum absolute atomic E-state index is 0.0211.